The predicted molar refractivity (Wildman–Crippen MR) is 234 cm³/mol. The average molecular weight is 826 g/mol. The highest BCUT2D eigenvalue weighted by Crippen LogP contribution is 2.43. The first kappa shape index (κ1) is 54.7. The molecule has 0 saturated carbocycles. The van der Waals surface area contributed by atoms with Gasteiger partial charge in [0.1, 0.15) is 6.61 Å². The molecule has 57 heavy (non-hydrogen) atoms. The van der Waals surface area contributed by atoms with E-state index >= 15 is 0 Å². The summed E-state index contributed by atoms with van der Waals surface area (Å²) < 4.78 is 33.5. The van der Waals surface area contributed by atoms with Crippen molar-refractivity contribution in [3.63, 3.8) is 0 Å². The first-order valence-electron chi connectivity index (χ1n) is 22.8. The SMILES string of the molecule is CCCCCCCC/C=C\CCCCCCCC(=O)OC[C@H](COP(=O)(O)OCCNC(=O)C=C(C)C)OC(=O)CCCCCCC/C=C\CCCCCCCC. The van der Waals surface area contributed by atoms with Crippen LogP contribution < -0.4 is 5.32 Å². The molecule has 11 heteroatoms. The third-order valence-electron chi connectivity index (χ3n) is 9.51. The summed E-state index contributed by atoms with van der Waals surface area (Å²) in [4.78, 5) is 47.1. The van der Waals surface area contributed by atoms with Crippen LogP contribution in [0, 0.1) is 0 Å². The number of esters is 2. The summed E-state index contributed by atoms with van der Waals surface area (Å²) in [5, 5.41) is 2.55. The van der Waals surface area contributed by atoms with E-state index in [2.05, 4.69) is 43.5 Å². The van der Waals surface area contributed by atoms with Gasteiger partial charge in [0, 0.05) is 25.5 Å². The third-order valence-corrected chi connectivity index (χ3v) is 10.5. The summed E-state index contributed by atoms with van der Waals surface area (Å²) in [6.45, 7) is 7.01. The second kappa shape index (κ2) is 40.5. The molecule has 0 aromatic carbocycles. The number of unbranched alkanes of at least 4 members (excludes halogenated alkanes) is 22. The van der Waals surface area contributed by atoms with Gasteiger partial charge in [-0.05, 0) is 78.1 Å². The van der Waals surface area contributed by atoms with Gasteiger partial charge >= 0.3 is 19.8 Å². The molecule has 0 aliphatic rings. The van der Waals surface area contributed by atoms with Crippen molar-refractivity contribution in [1.29, 1.82) is 0 Å². The van der Waals surface area contributed by atoms with Crippen LogP contribution in [0.2, 0.25) is 0 Å². The van der Waals surface area contributed by atoms with Crippen molar-refractivity contribution in [1.82, 2.24) is 5.32 Å². The van der Waals surface area contributed by atoms with Crippen molar-refractivity contribution in [3.05, 3.63) is 36.0 Å². The van der Waals surface area contributed by atoms with Crippen LogP contribution in [0.5, 0.6) is 0 Å². The molecule has 10 nitrogen and oxygen atoms in total. The molecule has 2 N–H and O–H groups in total. The maximum absolute atomic E-state index is 12.7. The highest BCUT2D eigenvalue weighted by Gasteiger charge is 2.26. The van der Waals surface area contributed by atoms with E-state index in [-0.39, 0.29) is 38.5 Å². The largest absolute Gasteiger partial charge is 0.472 e. The quantitative estimate of drug-likeness (QED) is 0.0203. The van der Waals surface area contributed by atoms with E-state index < -0.39 is 32.5 Å². The minimum atomic E-state index is -4.53. The number of phosphoric ester groups is 1. The number of carbonyl (C=O) groups excluding carboxylic acids is 3. The zero-order valence-corrected chi connectivity index (χ0v) is 37.6. The zero-order valence-electron chi connectivity index (χ0n) is 36.8. The van der Waals surface area contributed by atoms with E-state index in [4.69, 9.17) is 18.5 Å². The lowest BCUT2D eigenvalue weighted by molar-refractivity contribution is -0.161. The number of nitrogens with one attached hydrogen (secondary N) is 1. The van der Waals surface area contributed by atoms with E-state index in [9.17, 15) is 23.8 Å². The van der Waals surface area contributed by atoms with Crippen LogP contribution in [-0.4, -0.2) is 55.2 Å². The molecule has 0 aliphatic carbocycles. The molecule has 0 aromatic heterocycles. The normalized spacial score (nSPS) is 13.1. The number of ether oxygens (including phenoxy) is 2. The number of carbonyl (C=O) groups is 3. The molecule has 0 fully saturated rings. The van der Waals surface area contributed by atoms with Gasteiger partial charge in [0.25, 0.3) is 0 Å². The molecule has 2 atom stereocenters. The lowest BCUT2D eigenvalue weighted by Crippen LogP contribution is -2.30. The van der Waals surface area contributed by atoms with Crippen LogP contribution in [0.3, 0.4) is 0 Å². The molecule has 0 aromatic rings. The van der Waals surface area contributed by atoms with Crippen molar-refractivity contribution in [2.45, 2.75) is 214 Å². The highest BCUT2D eigenvalue weighted by molar-refractivity contribution is 7.47. The van der Waals surface area contributed by atoms with Gasteiger partial charge in [-0.3, -0.25) is 23.4 Å². The van der Waals surface area contributed by atoms with Gasteiger partial charge in [-0.25, -0.2) is 4.57 Å². The van der Waals surface area contributed by atoms with Crippen LogP contribution in [0.1, 0.15) is 207 Å². The van der Waals surface area contributed by atoms with Gasteiger partial charge in [0.2, 0.25) is 5.91 Å². The predicted octanol–water partition coefficient (Wildman–Crippen LogP) is 12.7. The Morgan fingerprint density at radius 2 is 1.00 bits per heavy atom. The van der Waals surface area contributed by atoms with Gasteiger partial charge < -0.3 is 19.7 Å². The molecule has 0 aliphatic heterocycles. The number of allylic oxidation sites excluding steroid dienone is 5. The zero-order chi connectivity index (χ0) is 42.1. The van der Waals surface area contributed by atoms with Crippen molar-refractivity contribution >= 4 is 25.7 Å². The second-order valence-electron chi connectivity index (χ2n) is 15.6. The maximum Gasteiger partial charge on any atom is 0.472 e. The Morgan fingerprint density at radius 3 is 1.46 bits per heavy atom. The Labute approximate surface area is 348 Å². The van der Waals surface area contributed by atoms with Crippen LogP contribution >= 0.6 is 7.82 Å². The van der Waals surface area contributed by atoms with Gasteiger partial charge in [0.15, 0.2) is 6.10 Å². The highest BCUT2D eigenvalue weighted by atomic mass is 31.2. The van der Waals surface area contributed by atoms with Crippen LogP contribution in [0.4, 0.5) is 0 Å². The Hall–Kier alpha value is -2.26. The van der Waals surface area contributed by atoms with Crippen molar-refractivity contribution in [2.75, 3.05) is 26.4 Å². The van der Waals surface area contributed by atoms with Crippen molar-refractivity contribution in [2.24, 2.45) is 0 Å². The molecule has 0 spiro atoms. The monoisotopic (exact) mass is 826 g/mol. The molecule has 0 heterocycles. The first-order valence-corrected chi connectivity index (χ1v) is 24.3. The lowest BCUT2D eigenvalue weighted by atomic mass is 10.1. The standard InChI is InChI=1S/C46H84NO9P/c1-5-7-9-11-13-15-17-19-21-23-25-27-29-31-33-35-45(49)53-40-43(41-55-57(51,52)54-38-37-47-44(48)39-42(3)4)56-46(50)36-34-32-30-28-26-24-22-20-18-16-14-12-10-8-6-2/h19-22,39,43H,5-18,23-38,40-41H2,1-4H3,(H,47,48)(H,51,52)/b21-19-,22-20-/t43-/m1/s1. The fraction of sp³-hybridized carbons (Fsp3) is 0.804. The molecule has 0 bridgehead atoms. The topological polar surface area (TPSA) is 137 Å². The fourth-order valence-corrected chi connectivity index (χ4v) is 6.91. The smallest absolute Gasteiger partial charge is 0.462 e. The molecule has 0 radical (unpaired) electrons. The summed E-state index contributed by atoms with van der Waals surface area (Å²) in [7, 11) is -4.53. The average Bonchev–Trinajstić information content (AvgIpc) is 3.17. The summed E-state index contributed by atoms with van der Waals surface area (Å²) in [5.41, 5.74) is 0.816. The van der Waals surface area contributed by atoms with Gasteiger partial charge in [-0.15, -0.1) is 0 Å². The van der Waals surface area contributed by atoms with Gasteiger partial charge in [-0.1, -0.05) is 146 Å². The minimum absolute atomic E-state index is 0.00113. The summed E-state index contributed by atoms with van der Waals surface area (Å²) in [5.74, 6) is -1.24. The first-order chi connectivity index (χ1) is 27.6. The van der Waals surface area contributed by atoms with Gasteiger partial charge in [-0.2, -0.15) is 0 Å². The molecule has 1 amide bonds. The Kier molecular flexibility index (Phi) is 38.9. The molecular formula is C46H84NO9P. The van der Waals surface area contributed by atoms with E-state index in [0.29, 0.717) is 12.8 Å². The van der Waals surface area contributed by atoms with Crippen LogP contribution in [-0.2, 0) is 37.5 Å². The summed E-state index contributed by atoms with van der Waals surface area (Å²) >= 11 is 0. The molecule has 0 rings (SSSR count). The third kappa shape index (κ3) is 41.7. The molecule has 1 unspecified atom stereocenters. The van der Waals surface area contributed by atoms with Gasteiger partial charge in [0.05, 0.1) is 13.2 Å². The summed E-state index contributed by atoms with van der Waals surface area (Å²) in [6.07, 6.45) is 40.1. The molecule has 332 valence electrons. The second-order valence-corrected chi connectivity index (χ2v) is 17.0. The van der Waals surface area contributed by atoms with Crippen molar-refractivity contribution in [3.8, 4) is 0 Å². The van der Waals surface area contributed by atoms with E-state index in [1.807, 2.05) is 0 Å². The minimum Gasteiger partial charge on any atom is -0.462 e. The number of amides is 1. The Morgan fingerprint density at radius 1 is 0.579 bits per heavy atom. The number of hydrogen-bond donors (Lipinski definition) is 2. The Bertz CT molecular complexity index is 1120. The number of phosphoric acid groups is 1. The lowest BCUT2D eigenvalue weighted by Gasteiger charge is -2.20. The number of rotatable bonds is 41. The van der Waals surface area contributed by atoms with Crippen LogP contribution in [0.25, 0.3) is 0 Å². The van der Waals surface area contributed by atoms with E-state index in [1.165, 1.54) is 89.5 Å². The fourth-order valence-electron chi connectivity index (χ4n) is 6.16. The van der Waals surface area contributed by atoms with Crippen molar-refractivity contribution < 1.29 is 42.4 Å². The number of hydrogen-bond acceptors (Lipinski definition) is 8. The van der Waals surface area contributed by atoms with E-state index in [1.54, 1.807) is 13.8 Å². The van der Waals surface area contributed by atoms with E-state index in [0.717, 1.165) is 76.2 Å². The molecular weight excluding hydrogens is 741 g/mol. The summed E-state index contributed by atoms with van der Waals surface area (Å²) in [6, 6.07) is 0. The maximum atomic E-state index is 12.7. The van der Waals surface area contributed by atoms with Crippen LogP contribution in [0.15, 0.2) is 36.0 Å². The molecule has 0 saturated heterocycles. The Balaban J connectivity index is 4.50.